The number of rotatable bonds is 7. The van der Waals surface area contributed by atoms with E-state index in [0.717, 1.165) is 85.1 Å². The Hall–Kier alpha value is -4.72. The van der Waals surface area contributed by atoms with Crippen molar-refractivity contribution in [2.45, 2.75) is 133 Å². The molecule has 1 aromatic carbocycles. The van der Waals surface area contributed by atoms with Crippen molar-refractivity contribution in [3.05, 3.63) is 47.4 Å². The number of aromatic nitrogens is 2. The number of carbonyl (C=O) groups is 3. The topological polar surface area (TPSA) is 156 Å². The van der Waals surface area contributed by atoms with E-state index < -0.39 is 23.8 Å². The van der Waals surface area contributed by atoms with E-state index in [0.29, 0.717) is 30.0 Å². The van der Waals surface area contributed by atoms with Gasteiger partial charge in [-0.3, -0.25) is 9.59 Å². The van der Waals surface area contributed by atoms with E-state index in [2.05, 4.69) is 48.9 Å². The molecule has 5 aliphatic rings. The average molecular weight is 784 g/mol. The molecule has 3 amide bonds. The fourth-order valence-corrected chi connectivity index (χ4v) is 9.56. The molecular weight excluding hydrogens is 731 g/mol. The molecule has 3 aliphatic heterocycles. The van der Waals surface area contributed by atoms with Gasteiger partial charge in [-0.15, -0.1) is 11.3 Å². The summed E-state index contributed by atoms with van der Waals surface area (Å²) < 4.78 is 11.3. The second kappa shape index (κ2) is 15.7. The van der Waals surface area contributed by atoms with Crippen LogP contribution in [0, 0.1) is 5.92 Å². The molecule has 0 bridgehead atoms. The number of methoxy groups -OCH3 is 1. The number of fused-ring (bicyclic) bond motifs is 3. The first-order chi connectivity index (χ1) is 27.0. The van der Waals surface area contributed by atoms with Crippen molar-refractivity contribution in [2.24, 2.45) is 11.1 Å². The quantitative estimate of drug-likeness (QED) is 0.213. The lowest BCUT2D eigenvalue weighted by Crippen LogP contribution is -2.55. The summed E-state index contributed by atoms with van der Waals surface area (Å²) in [6.07, 6.45) is 13.0. The van der Waals surface area contributed by atoms with Gasteiger partial charge in [-0.05, 0) is 90.3 Å². The molecule has 1 spiro atoms. The predicted molar refractivity (Wildman–Crippen MR) is 216 cm³/mol. The number of hydrogen-bond donors (Lipinski definition) is 3. The molecule has 3 N–H and O–H groups in total. The Morgan fingerprint density at radius 1 is 1.05 bits per heavy atom. The van der Waals surface area contributed by atoms with Gasteiger partial charge >= 0.3 is 6.09 Å². The van der Waals surface area contributed by atoms with Crippen molar-refractivity contribution in [1.82, 2.24) is 25.5 Å². The van der Waals surface area contributed by atoms with Crippen molar-refractivity contribution in [2.75, 3.05) is 19.0 Å². The highest BCUT2D eigenvalue weighted by molar-refractivity contribution is 7.14. The summed E-state index contributed by atoms with van der Waals surface area (Å²) in [7, 11) is 1.63. The van der Waals surface area contributed by atoms with E-state index in [1.165, 1.54) is 11.3 Å². The lowest BCUT2D eigenvalue weighted by Gasteiger charge is -2.29. The summed E-state index contributed by atoms with van der Waals surface area (Å²) in [5, 5.41) is 17.9. The molecule has 2 aliphatic carbocycles. The zero-order valence-corrected chi connectivity index (χ0v) is 33.6. The number of hydrogen-bond acceptors (Lipinski definition) is 11. The molecule has 5 heterocycles. The standard InChI is InChI=1S/C42H53N7O6S/c1-25(2)43-39-45-35(23-56-39)33-19-30(29-17-16-28(53-4)18-32(29)44-33)34-21-42(55-48-34)22-36-37(50)47-41(3)20-26(41)12-8-6-5-7-9-15-31(38(51)49(36)24-42)46-40(52)54-27-13-10-11-14-27/h8,12,16-19,23,25-27,31,36H,5-7,9-11,13-15,20-22,24H2,1-4H3,(H,43,45)(H,46,52)(H,47,50)/b12-8-/t26-,31?,36+,41-,42?/m1/s1. The predicted octanol–water partition coefficient (Wildman–Crippen LogP) is 7.10. The van der Waals surface area contributed by atoms with Crippen LogP contribution in [0.1, 0.15) is 103 Å². The molecule has 3 aromatic rings. The maximum absolute atomic E-state index is 14.7. The van der Waals surface area contributed by atoms with Crippen molar-refractivity contribution in [3.8, 4) is 17.1 Å². The SMILES string of the molecule is COc1ccc2c(C3=NOC4(C3)C[C@H]3C(=O)N[C@]5(C)C[C@H]5/C=C\CCCCCC(NC(=O)OC5CCCC5)C(=O)N3C4)cc(-c3csc(NC(C)C)n3)nc2c1. The second-order valence-electron chi connectivity index (χ2n) is 16.7. The van der Waals surface area contributed by atoms with E-state index in [9.17, 15) is 14.4 Å². The van der Waals surface area contributed by atoms with Crippen LogP contribution in [0.5, 0.6) is 5.75 Å². The summed E-state index contributed by atoms with van der Waals surface area (Å²) in [6, 6.07) is 6.35. The zero-order valence-electron chi connectivity index (χ0n) is 32.8. The van der Waals surface area contributed by atoms with Crippen LogP contribution in [0.2, 0.25) is 0 Å². The summed E-state index contributed by atoms with van der Waals surface area (Å²) in [5.74, 6) is 0.407. The molecule has 298 valence electrons. The van der Waals surface area contributed by atoms with E-state index in [1.54, 1.807) is 12.0 Å². The van der Waals surface area contributed by atoms with Gasteiger partial charge in [0, 0.05) is 52.7 Å². The van der Waals surface area contributed by atoms with Gasteiger partial charge in [0.1, 0.15) is 29.6 Å². The van der Waals surface area contributed by atoms with E-state index in [-0.39, 0.29) is 48.4 Å². The van der Waals surface area contributed by atoms with E-state index in [1.807, 2.05) is 29.6 Å². The number of nitrogens with one attached hydrogen (secondary N) is 3. The Labute approximate surface area is 332 Å². The van der Waals surface area contributed by atoms with E-state index >= 15 is 0 Å². The van der Waals surface area contributed by atoms with E-state index in [4.69, 9.17) is 29.4 Å². The Morgan fingerprint density at radius 3 is 2.68 bits per heavy atom. The van der Waals surface area contributed by atoms with Gasteiger partial charge in [0.15, 0.2) is 10.7 Å². The monoisotopic (exact) mass is 783 g/mol. The molecule has 2 aromatic heterocycles. The number of pyridine rings is 1. The molecule has 8 rings (SSSR count). The number of carbonyl (C=O) groups excluding carboxylic acids is 3. The number of ether oxygens (including phenoxy) is 2. The number of anilines is 1. The van der Waals surface area contributed by atoms with Gasteiger partial charge in [-0.2, -0.15) is 0 Å². The molecule has 2 unspecified atom stereocenters. The molecule has 56 heavy (non-hydrogen) atoms. The number of amides is 3. The minimum atomic E-state index is -0.950. The smallest absolute Gasteiger partial charge is 0.408 e. The minimum absolute atomic E-state index is 0.137. The van der Waals surface area contributed by atoms with Crippen molar-refractivity contribution < 1.29 is 28.7 Å². The number of alkyl carbamates (subject to hydrolysis) is 1. The normalized spacial score (nSPS) is 28.8. The molecule has 13 nitrogen and oxygen atoms in total. The van der Waals surface area contributed by atoms with Crippen molar-refractivity contribution in [1.29, 1.82) is 0 Å². The second-order valence-corrected chi connectivity index (χ2v) is 17.6. The lowest BCUT2D eigenvalue weighted by atomic mass is 9.90. The molecule has 1 saturated heterocycles. The van der Waals surface area contributed by atoms with Crippen LogP contribution in [0.15, 0.2) is 47.0 Å². The molecule has 0 radical (unpaired) electrons. The minimum Gasteiger partial charge on any atom is -0.497 e. The molecular formula is C42H53N7O6S. The maximum atomic E-state index is 14.7. The zero-order chi connectivity index (χ0) is 39.0. The number of benzene rings is 1. The van der Waals surface area contributed by atoms with Gasteiger partial charge in [0.25, 0.3) is 0 Å². The van der Waals surface area contributed by atoms with Gasteiger partial charge in [0.05, 0.1) is 30.6 Å². The van der Waals surface area contributed by atoms with Crippen LogP contribution in [0.3, 0.4) is 0 Å². The highest BCUT2D eigenvalue weighted by Gasteiger charge is 2.57. The third kappa shape index (κ3) is 8.07. The first-order valence-corrected chi connectivity index (χ1v) is 21.1. The van der Waals surface area contributed by atoms with Crippen LogP contribution in [-0.4, -0.2) is 87.5 Å². The van der Waals surface area contributed by atoms with Crippen molar-refractivity contribution in [3.63, 3.8) is 0 Å². The number of oxime groups is 1. The average Bonchev–Trinajstić information content (AvgIpc) is 3.80. The fraction of sp³-hybridized carbons (Fsp3) is 0.571. The molecule has 3 fully saturated rings. The Bertz CT molecular complexity index is 2040. The molecule has 2 saturated carbocycles. The number of allylic oxidation sites excluding steroid dienone is 1. The number of thiazole rings is 1. The van der Waals surface area contributed by atoms with Gasteiger partial charge in [0.2, 0.25) is 11.8 Å². The summed E-state index contributed by atoms with van der Waals surface area (Å²) >= 11 is 1.52. The largest absolute Gasteiger partial charge is 0.497 e. The van der Waals surface area contributed by atoms with Crippen LogP contribution >= 0.6 is 11.3 Å². The Morgan fingerprint density at radius 2 is 1.88 bits per heavy atom. The molecule has 14 heteroatoms. The van der Waals surface area contributed by atoms with Gasteiger partial charge in [-0.1, -0.05) is 30.1 Å². The fourth-order valence-electron chi connectivity index (χ4n) is 8.71. The van der Waals surface area contributed by atoms with Crippen LogP contribution < -0.4 is 20.7 Å². The first kappa shape index (κ1) is 38.2. The summed E-state index contributed by atoms with van der Waals surface area (Å²) in [6.45, 7) is 6.35. The Kier molecular flexibility index (Phi) is 10.7. The summed E-state index contributed by atoms with van der Waals surface area (Å²) in [5.41, 5.74) is 2.35. The summed E-state index contributed by atoms with van der Waals surface area (Å²) in [4.78, 5) is 60.0. The van der Waals surface area contributed by atoms with Crippen LogP contribution in [-0.2, 0) is 19.2 Å². The highest BCUT2D eigenvalue weighted by atomic mass is 32.1. The van der Waals surface area contributed by atoms with Gasteiger partial charge in [-0.25, -0.2) is 14.8 Å². The van der Waals surface area contributed by atoms with Crippen LogP contribution in [0.4, 0.5) is 9.93 Å². The van der Waals surface area contributed by atoms with Crippen LogP contribution in [0.25, 0.3) is 22.3 Å². The van der Waals surface area contributed by atoms with Gasteiger partial charge < -0.3 is 35.2 Å². The molecule has 5 atom stereocenters. The van der Waals surface area contributed by atoms with Crippen molar-refractivity contribution >= 4 is 51.0 Å². The maximum Gasteiger partial charge on any atom is 0.408 e. The third-order valence-corrected chi connectivity index (χ3v) is 12.7. The third-order valence-electron chi connectivity index (χ3n) is 11.9. The first-order valence-electron chi connectivity index (χ1n) is 20.2. The highest BCUT2D eigenvalue weighted by Crippen LogP contribution is 2.46. The lowest BCUT2D eigenvalue weighted by molar-refractivity contribution is -0.140. The Balaban J connectivity index is 1.09. The number of nitrogens with zero attached hydrogens (tertiary/aromatic N) is 4.